The van der Waals surface area contributed by atoms with E-state index in [4.69, 9.17) is 22.9 Å². The third-order valence-electron chi connectivity index (χ3n) is 4.73. The van der Waals surface area contributed by atoms with E-state index in [1.54, 1.807) is 25.1 Å². The standard InChI is InChI=1S/C20H19ClN2O2/c1-13(24)14-5-8-16(9-6-14)25-19-12-23(20(19,2)3)15-7-10-18(22-4)17(21)11-15/h5-11,19H,12H2,1-3H3/t19-/m1/s1. The van der Waals surface area contributed by atoms with Crippen LogP contribution in [-0.2, 0) is 0 Å². The Labute approximate surface area is 152 Å². The predicted octanol–water partition coefficient (Wildman–Crippen LogP) is 5.14. The lowest BCUT2D eigenvalue weighted by Gasteiger charge is -2.55. The molecule has 0 unspecified atom stereocenters. The van der Waals surface area contributed by atoms with E-state index in [1.807, 2.05) is 24.3 Å². The zero-order valence-corrected chi connectivity index (χ0v) is 15.2. The molecular formula is C20H19ClN2O2. The summed E-state index contributed by atoms with van der Waals surface area (Å²) in [6, 6.07) is 12.7. The Morgan fingerprint density at radius 2 is 1.96 bits per heavy atom. The number of carbonyl (C=O) groups is 1. The summed E-state index contributed by atoms with van der Waals surface area (Å²) in [4.78, 5) is 16.9. The number of halogens is 1. The van der Waals surface area contributed by atoms with Gasteiger partial charge in [0.05, 0.1) is 18.7 Å². The number of ketones is 1. The van der Waals surface area contributed by atoms with Crippen LogP contribution in [0.3, 0.4) is 0 Å². The largest absolute Gasteiger partial charge is 0.486 e. The number of nitrogens with zero attached hydrogens (tertiary/aromatic N) is 2. The molecule has 0 aliphatic carbocycles. The normalized spacial score (nSPS) is 18.2. The fourth-order valence-corrected chi connectivity index (χ4v) is 3.21. The lowest BCUT2D eigenvalue weighted by atomic mass is 9.84. The van der Waals surface area contributed by atoms with Gasteiger partial charge in [-0.05, 0) is 57.2 Å². The summed E-state index contributed by atoms with van der Waals surface area (Å²) in [5.41, 5.74) is 1.91. The monoisotopic (exact) mass is 354 g/mol. The number of anilines is 1. The van der Waals surface area contributed by atoms with Crippen molar-refractivity contribution in [2.24, 2.45) is 0 Å². The van der Waals surface area contributed by atoms with Crippen molar-refractivity contribution < 1.29 is 9.53 Å². The van der Waals surface area contributed by atoms with Crippen LogP contribution in [0.5, 0.6) is 5.75 Å². The highest BCUT2D eigenvalue weighted by molar-refractivity contribution is 6.33. The van der Waals surface area contributed by atoms with Gasteiger partial charge in [0.1, 0.15) is 11.9 Å². The summed E-state index contributed by atoms with van der Waals surface area (Å²) >= 11 is 6.16. The third kappa shape index (κ3) is 3.20. The molecular weight excluding hydrogens is 336 g/mol. The van der Waals surface area contributed by atoms with E-state index in [1.165, 1.54) is 0 Å². The van der Waals surface area contributed by atoms with Gasteiger partial charge < -0.3 is 9.64 Å². The van der Waals surface area contributed by atoms with E-state index in [9.17, 15) is 4.79 Å². The lowest BCUT2D eigenvalue weighted by Crippen LogP contribution is -2.70. The molecule has 0 aromatic heterocycles. The molecule has 0 bridgehead atoms. The van der Waals surface area contributed by atoms with Gasteiger partial charge in [0.15, 0.2) is 5.78 Å². The van der Waals surface area contributed by atoms with Gasteiger partial charge in [-0.25, -0.2) is 4.85 Å². The Morgan fingerprint density at radius 1 is 1.28 bits per heavy atom. The Hall–Kier alpha value is -2.51. The number of hydrogen-bond donors (Lipinski definition) is 0. The fraction of sp³-hybridized carbons (Fsp3) is 0.300. The minimum atomic E-state index is -0.206. The molecule has 128 valence electrons. The first-order valence-electron chi connectivity index (χ1n) is 8.05. The second kappa shape index (κ2) is 6.42. The van der Waals surface area contributed by atoms with Crippen LogP contribution in [0.1, 0.15) is 31.1 Å². The fourth-order valence-electron chi connectivity index (χ4n) is 2.99. The molecule has 1 saturated heterocycles. The van der Waals surface area contributed by atoms with E-state index < -0.39 is 0 Å². The van der Waals surface area contributed by atoms with Crippen molar-refractivity contribution in [1.29, 1.82) is 0 Å². The average molecular weight is 355 g/mol. The number of rotatable bonds is 4. The highest BCUT2D eigenvalue weighted by atomic mass is 35.5. The Balaban J connectivity index is 1.72. The molecule has 5 heteroatoms. The molecule has 0 spiro atoms. The van der Waals surface area contributed by atoms with Gasteiger partial charge in [-0.3, -0.25) is 4.79 Å². The quantitative estimate of drug-likeness (QED) is 0.563. The summed E-state index contributed by atoms with van der Waals surface area (Å²) in [7, 11) is 0. The highest BCUT2D eigenvalue weighted by Crippen LogP contribution is 2.40. The maximum atomic E-state index is 11.3. The molecule has 4 nitrogen and oxygen atoms in total. The van der Waals surface area contributed by atoms with Crippen molar-refractivity contribution >= 4 is 28.8 Å². The lowest BCUT2D eigenvalue weighted by molar-refractivity contribution is 0.0651. The van der Waals surface area contributed by atoms with Crippen LogP contribution in [-0.4, -0.2) is 24.0 Å². The molecule has 2 aromatic carbocycles. The van der Waals surface area contributed by atoms with Crippen LogP contribution in [0.4, 0.5) is 11.4 Å². The maximum Gasteiger partial charge on any atom is 0.205 e. The van der Waals surface area contributed by atoms with E-state index in [2.05, 4.69) is 23.6 Å². The van der Waals surface area contributed by atoms with E-state index in [0.717, 1.165) is 18.0 Å². The van der Waals surface area contributed by atoms with Crippen LogP contribution < -0.4 is 9.64 Å². The minimum Gasteiger partial charge on any atom is -0.486 e. The molecule has 0 saturated carbocycles. The van der Waals surface area contributed by atoms with Gasteiger partial charge in [-0.1, -0.05) is 17.7 Å². The molecule has 3 rings (SSSR count). The van der Waals surface area contributed by atoms with Gasteiger partial charge in [0, 0.05) is 16.3 Å². The van der Waals surface area contributed by atoms with Crippen LogP contribution in [0.25, 0.3) is 4.85 Å². The molecule has 0 amide bonds. The highest BCUT2D eigenvalue weighted by Gasteiger charge is 2.48. The van der Waals surface area contributed by atoms with Crippen LogP contribution in [0.15, 0.2) is 42.5 Å². The first kappa shape index (κ1) is 17.3. The van der Waals surface area contributed by atoms with Gasteiger partial charge >= 0.3 is 0 Å². The number of ether oxygens (including phenoxy) is 1. The zero-order chi connectivity index (χ0) is 18.2. The summed E-state index contributed by atoms with van der Waals surface area (Å²) in [5, 5.41) is 0.465. The Morgan fingerprint density at radius 3 is 2.48 bits per heavy atom. The number of Topliss-reactive ketones (excluding diaryl/α,β-unsaturated/α-hetero) is 1. The summed E-state index contributed by atoms with van der Waals surface area (Å²) in [6.45, 7) is 13.6. The second-order valence-corrected chi connectivity index (χ2v) is 7.11. The molecule has 1 atom stereocenters. The molecule has 2 aromatic rings. The smallest absolute Gasteiger partial charge is 0.205 e. The first-order chi connectivity index (χ1) is 11.8. The van der Waals surface area contributed by atoms with Crippen molar-refractivity contribution in [1.82, 2.24) is 0 Å². The summed E-state index contributed by atoms with van der Waals surface area (Å²) in [6.07, 6.45) is 0.0231. The Kier molecular flexibility index (Phi) is 4.45. The molecule has 0 N–H and O–H groups in total. The molecule has 1 aliphatic rings. The number of carbonyl (C=O) groups excluding carboxylic acids is 1. The SMILES string of the molecule is [C-]#[N+]c1ccc(N2C[C@@H](Oc3ccc(C(C)=O)cc3)C2(C)C)cc1Cl. The van der Waals surface area contributed by atoms with Crippen molar-refractivity contribution in [3.8, 4) is 5.75 Å². The van der Waals surface area contributed by atoms with Gasteiger partial charge in [0.25, 0.3) is 0 Å². The number of benzene rings is 2. The predicted molar refractivity (Wildman–Crippen MR) is 100 cm³/mol. The van der Waals surface area contributed by atoms with E-state index in [0.29, 0.717) is 16.3 Å². The van der Waals surface area contributed by atoms with Crippen molar-refractivity contribution in [2.75, 3.05) is 11.4 Å². The van der Waals surface area contributed by atoms with Crippen LogP contribution >= 0.6 is 11.6 Å². The van der Waals surface area contributed by atoms with Gasteiger partial charge in [-0.2, -0.15) is 0 Å². The zero-order valence-electron chi connectivity index (χ0n) is 14.4. The topological polar surface area (TPSA) is 33.9 Å². The summed E-state index contributed by atoms with van der Waals surface area (Å²) in [5.74, 6) is 0.797. The summed E-state index contributed by atoms with van der Waals surface area (Å²) < 4.78 is 6.09. The molecule has 1 fully saturated rings. The third-order valence-corrected chi connectivity index (χ3v) is 5.04. The van der Waals surface area contributed by atoms with Crippen LogP contribution in [0.2, 0.25) is 5.02 Å². The van der Waals surface area contributed by atoms with Crippen molar-refractivity contribution in [3.63, 3.8) is 0 Å². The molecule has 25 heavy (non-hydrogen) atoms. The van der Waals surface area contributed by atoms with Gasteiger partial charge in [0.2, 0.25) is 5.69 Å². The second-order valence-electron chi connectivity index (χ2n) is 6.70. The first-order valence-corrected chi connectivity index (χ1v) is 8.43. The Bertz CT molecular complexity index is 853. The van der Waals surface area contributed by atoms with Crippen molar-refractivity contribution in [3.05, 3.63) is 64.5 Å². The van der Waals surface area contributed by atoms with E-state index >= 15 is 0 Å². The number of hydrogen-bond acceptors (Lipinski definition) is 3. The minimum absolute atomic E-state index is 0.0231. The van der Waals surface area contributed by atoms with E-state index in [-0.39, 0.29) is 17.4 Å². The maximum absolute atomic E-state index is 11.3. The van der Waals surface area contributed by atoms with Gasteiger partial charge in [-0.15, -0.1) is 0 Å². The molecule has 1 heterocycles. The van der Waals surface area contributed by atoms with Crippen LogP contribution in [0, 0.1) is 6.57 Å². The molecule has 0 radical (unpaired) electrons. The van der Waals surface area contributed by atoms with Crippen molar-refractivity contribution in [2.45, 2.75) is 32.4 Å². The average Bonchev–Trinajstić information content (AvgIpc) is 2.58. The molecule has 1 aliphatic heterocycles.